The SMILES string of the molecule is CNCC(O)c1cc(F)c(C)cc1O. The van der Waals surface area contributed by atoms with Gasteiger partial charge in [-0.1, -0.05) is 0 Å². The maximum atomic E-state index is 13.1. The number of nitrogens with one attached hydrogen (secondary N) is 1. The molecular weight excluding hydrogens is 185 g/mol. The fourth-order valence-electron chi connectivity index (χ4n) is 1.25. The average molecular weight is 199 g/mol. The van der Waals surface area contributed by atoms with Gasteiger partial charge in [0.2, 0.25) is 0 Å². The average Bonchev–Trinajstić information content (AvgIpc) is 2.11. The highest BCUT2D eigenvalue weighted by molar-refractivity contribution is 5.38. The zero-order valence-corrected chi connectivity index (χ0v) is 8.21. The number of aliphatic hydroxyl groups is 1. The fourth-order valence-corrected chi connectivity index (χ4v) is 1.25. The molecule has 4 heteroatoms. The van der Waals surface area contributed by atoms with Gasteiger partial charge in [-0.2, -0.15) is 0 Å². The lowest BCUT2D eigenvalue weighted by atomic mass is 10.1. The number of halogens is 1. The molecule has 1 unspecified atom stereocenters. The van der Waals surface area contributed by atoms with Gasteiger partial charge in [0.25, 0.3) is 0 Å². The van der Waals surface area contributed by atoms with Crippen LogP contribution in [0, 0.1) is 12.7 Å². The van der Waals surface area contributed by atoms with E-state index in [-0.39, 0.29) is 17.9 Å². The summed E-state index contributed by atoms with van der Waals surface area (Å²) < 4.78 is 13.1. The van der Waals surface area contributed by atoms with Crippen molar-refractivity contribution >= 4 is 0 Å². The van der Waals surface area contributed by atoms with Crippen molar-refractivity contribution in [3.8, 4) is 5.75 Å². The van der Waals surface area contributed by atoms with Gasteiger partial charge in [0.15, 0.2) is 0 Å². The molecule has 0 bridgehead atoms. The number of aliphatic hydroxyl groups excluding tert-OH is 1. The van der Waals surface area contributed by atoms with Crippen molar-refractivity contribution in [3.63, 3.8) is 0 Å². The molecule has 1 atom stereocenters. The second-order valence-electron chi connectivity index (χ2n) is 3.23. The molecule has 14 heavy (non-hydrogen) atoms. The predicted octanol–water partition coefficient (Wildman–Crippen LogP) is 1.09. The van der Waals surface area contributed by atoms with E-state index in [1.54, 1.807) is 14.0 Å². The Morgan fingerprint density at radius 2 is 2.14 bits per heavy atom. The zero-order valence-electron chi connectivity index (χ0n) is 8.21. The van der Waals surface area contributed by atoms with Crippen LogP contribution in [0.25, 0.3) is 0 Å². The van der Waals surface area contributed by atoms with Gasteiger partial charge >= 0.3 is 0 Å². The molecule has 1 aromatic carbocycles. The molecule has 0 aliphatic heterocycles. The quantitative estimate of drug-likeness (QED) is 0.683. The maximum Gasteiger partial charge on any atom is 0.126 e. The number of phenols is 1. The van der Waals surface area contributed by atoms with E-state index in [2.05, 4.69) is 5.32 Å². The molecule has 0 aromatic heterocycles. The van der Waals surface area contributed by atoms with E-state index in [4.69, 9.17) is 0 Å². The molecule has 0 aliphatic rings. The molecular formula is C10H14FNO2. The van der Waals surface area contributed by atoms with E-state index in [0.717, 1.165) is 6.07 Å². The third-order valence-corrected chi connectivity index (χ3v) is 2.06. The number of aryl methyl sites for hydroxylation is 1. The molecule has 1 aromatic rings. The minimum atomic E-state index is -0.893. The first-order chi connectivity index (χ1) is 6.56. The smallest absolute Gasteiger partial charge is 0.126 e. The van der Waals surface area contributed by atoms with Crippen LogP contribution < -0.4 is 5.32 Å². The molecule has 0 fully saturated rings. The van der Waals surface area contributed by atoms with Crippen LogP contribution >= 0.6 is 0 Å². The van der Waals surface area contributed by atoms with E-state index >= 15 is 0 Å². The molecule has 3 nitrogen and oxygen atoms in total. The molecule has 0 heterocycles. The van der Waals surface area contributed by atoms with Gasteiger partial charge in [0, 0.05) is 12.1 Å². The monoisotopic (exact) mass is 199 g/mol. The molecule has 0 saturated heterocycles. The van der Waals surface area contributed by atoms with Crippen LogP contribution in [0.5, 0.6) is 5.75 Å². The Morgan fingerprint density at radius 1 is 1.50 bits per heavy atom. The summed E-state index contributed by atoms with van der Waals surface area (Å²) in [5.74, 6) is -0.500. The largest absolute Gasteiger partial charge is 0.508 e. The summed E-state index contributed by atoms with van der Waals surface area (Å²) in [4.78, 5) is 0. The van der Waals surface area contributed by atoms with Crippen LogP contribution in [0.15, 0.2) is 12.1 Å². The second kappa shape index (κ2) is 4.39. The number of hydrogen-bond acceptors (Lipinski definition) is 3. The van der Waals surface area contributed by atoms with Gasteiger partial charge in [0.05, 0.1) is 6.10 Å². The van der Waals surface area contributed by atoms with E-state index < -0.39 is 11.9 Å². The molecule has 78 valence electrons. The van der Waals surface area contributed by atoms with Crippen molar-refractivity contribution in [1.29, 1.82) is 0 Å². The third kappa shape index (κ3) is 2.21. The van der Waals surface area contributed by atoms with Crippen molar-refractivity contribution in [2.45, 2.75) is 13.0 Å². The summed E-state index contributed by atoms with van der Waals surface area (Å²) in [5.41, 5.74) is 0.574. The first kappa shape index (κ1) is 10.9. The van der Waals surface area contributed by atoms with Crippen LogP contribution in [-0.4, -0.2) is 23.8 Å². The number of rotatable bonds is 3. The van der Waals surface area contributed by atoms with E-state index in [9.17, 15) is 14.6 Å². The van der Waals surface area contributed by atoms with Crippen LogP contribution in [0.4, 0.5) is 4.39 Å². The Hall–Kier alpha value is -1.13. The zero-order chi connectivity index (χ0) is 10.7. The third-order valence-electron chi connectivity index (χ3n) is 2.06. The van der Waals surface area contributed by atoms with Gasteiger partial charge in [-0.25, -0.2) is 4.39 Å². The van der Waals surface area contributed by atoms with Gasteiger partial charge in [-0.15, -0.1) is 0 Å². The van der Waals surface area contributed by atoms with Gasteiger partial charge in [-0.05, 0) is 31.7 Å². The fraction of sp³-hybridized carbons (Fsp3) is 0.400. The highest BCUT2D eigenvalue weighted by Crippen LogP contribution is 2.26. The molecule has 0 spiro atoms. The van der Waals surface area contributed by atoms with Crippen LogP contribution in [0.1, 0.15) is 17.2 Å². The summed E-state index contributed by atoms with van der Waals surface area (Å²) in [6, 6.07) is 2.47. The Morgan fingerprint density at radius 3 is 2.71 bits per heavy atom. The lowest BCUT2D eigenvalue weighted by Crippen LogP contribution is -2.17. The minimum absolute atomic E-state index is 0.0772. The van der Waals surface area contributed by atoms with Crippen molar-refractivity contribution in [2.24, 2.45) is 0 Å². The minimum Gasteiger partial charge on any atom is -0.508 e. The Labute approximate surface area is 82.2 Å². The summed E-state index contributed by atoms with van der Waals surface area (Å²) in [6.07, 6.45) is -0.893. The van der Waals surface area contributed by atoms with Crippen molar-refractivity contribution < 1.29 is 14.6 Å². The highest BCUT2D eigenvalue weighted by atomic mass is 19.1. The summed E-state index contributed by atoms with van der Waals surface area (Å²) >= 11 is 0. The number of likely N-dealkylation sites (N-methyl/N-ethyl adjacent to an activating group) is 1. The molecule has 0 saturated carbocycles. The predicted molar refractivity (Wildman–Crippen MR) is 51.7 cm³/mol. The normalized spacial score (nSPS) is 12.9. The summed E-state index contributed by atoms with van der Waals surface area (Å²) in [5, 5.41) is 21.7. The first-order valence-electron chi connectivity index (χ1n) is 4.38. The van der Waals surface area contributed by atoms with Gasteiger partial charge in [-0.3, -0.25) is 0 Å². The Bertz CT molecular complexity index is 328. The van der Waals surface area contributed by atoms with Crippen molar-refractivity contribution in [3.05, 3.63) is 29.1 Å². The van der Waals surface area contributed by atoms with Crippen LogP contribution in [-0.2, 0) is 0 Å². The summed E-state index contributed by atoms with van der Waals surface area (Å²) in [6.45, 7) is 1.83. The molecule has 0 aliphatic carbocycles. The number of hydrogen-bond donors (Lipinski definition) is 3. The van der Waals surface area contributed by atoms with E-state index in [1.165, 1.54) is 6.07 Å². The Balaban J connectivity index is 3.02. The van der Waals surface area contributed by atoms with E-state index in [0.29, 0.717) is 5.56 Å². The molecule has 0 radical (unpaired) electrons. The van der Waals surface area contributed by atoms with Crippen molar-refractivity contribution in [1.82, 2.24) is 5.32 Å². The first-order valence-corrected chi connectivity index (χ1v) is 4.38. The Kier molecular flexibility index (Phi) is 3.43. The maximum absolute atomic E-state index is 13.1. The standard InChI is InChI=1S/C10H14FNO2/c1-6-3-9(13)7(4-8(6)11)10(14)5-12-2/h3-4,10,12-14H,5H2,1-2H3. The number of aromatic hydroxyl groups is 1. The number of phenolic OH excluding ortho intramolecular Hbond substituents is 1. The lowest BCUT2D eigenvalue weighted by molar-refractivity contribution is 0.173. The van der Waals surface area contributed by atoms with Gasteiger partial charge < -0.3 is 15.5 Å². The summed E-state index contributed by atoms with van der Waals surface area (Å²) in [7, 11) is 1.67. The molecule has 3 N–H and O–H groups in total. The van der Waals surface area contributed by atoms with E-state index in [1.807, 2.05) is 0 Å². The van der Waals surface area contributed by atoms with Crippen LogP contribution in [0.2, 0.25) is 0 Å². The number of benzene rings is 1. The molecule has 0 amide bonds. The highest BCUT2D eigenvalue weighted by Gasteiger charge is 2.13. The second-order valence-corrected chi connectivity index (χ2v) is 3.23. The van der Waals surface area contributed by atoms with Gasteiger partial charge in [0.1, 0.15) is 11.6 Å². The lowest BCUT2D eigenvalue weighted by Gasteiger charge is -2.12. The van der Waals surface area contributed by atoms with Crippen molar-refractivity contribution in [2.75, 3.05) is 13.6 Å². The molecule has 1 rings (SSSR count). The topological polar surface area (TPSA) is 52.5 Å². The van der Waals surface area contributed by atoms with Crippen LogP contribution in [0.3, 0.4) is 0 Å².